The third-order valence-electron chi connectivity index (χ3n) is 5.45. The van der Waals surface area contributed by atoms with Gasteiger partial charge < -0.3 is 15.3 Å². The first kappa shape index (κ1) is 22.0. The minimum atomic E-state index is -4.64. The molecule has 1 atom stereocenters. The Labute approximate surface area is 184 Å². The van der Waals surface area contributed by atoms with Crippen LogP contribution in [0.1, 0.15) is 17.5 Å². The van der Waals surface area contributed by atoms with Gasteiger partial charge in [0, 0.05) is 31.9 Å². The summed E-state index contributed by atoms with van der Waals surface area (Å²) < 4.78 is 37.8. The summed E-state index contributed by atoms with van der Waals surface area (Å²) >= 11 is 0. The van der Waals surface area contributed by atoms with Crippen LogP contribution in [0.3, 0.4) is 0 Å². The van der Waals surface area contributed by atoms with E-state index >= 15 is 0 Å². The maximum Gasteiger partial charge on any atom is 0.414 e. The summed E-state index contributed by atoms with van der Waals surface area (Å²) in [4.78, 5) is 15.6. The third-order valence-corrected chi connectivity index (χ3v) is 5.45. The molecule has 0 spiro atoms. The molecule has 0 fully saturated rings. The summed E-state index contributed by atoms with van der Waals surface area (Å²) in [7, 11) is 0. The van der Waals surface area contributed by atoms with Crippen LogP contribution >= 0.6 is 0 Å². The molecule has 1 aromatic carbocycles. The van der Waals surface area contributed by atoms with Crippen LogP contribution < -0.4 is 10.2 Å². The molecule has 0 bridgehead atoms. The van der Waals surface area contributed by atoms with Gasteiger partial charge in [-0.3, -0.25) is 4.98 Å². The van der Waals surface area contributed by atoms with Crippen molar-refractivity contribution in [3.05, 3.63) is 65.9 Å². The molecule has 168 valence electrons. The Morgan fingerprint density at radius 3 is 2.31 bits per heavy atom. The average Bonchev–Trinajstić information content (AvgIpc) is 3.02. The molecular formula is C23H24F3N5O. The number of aliphatic hydroxyl groups excluding tert-OH is 1. The van der Waals surface area contributed by atoms with Crippen molar-refractivity contribution < 1.29 is 18.3 Å². The number of halogens is 3. The molecule has 6 nitrogen and oxygen atoms in total. The van der Waals surface area contributed by atoms with Crippen LogP contribution in [0.4, 0.5) is 24.8 Å². The lowest BCUT2D eigenvalue weighted by Gasteiger charge is -2.23. The number of aromatic nitrogens is 3. The van der Waals surface area contributed by atoms with E-state index in [0.717, 1.165) is 25.9 Å². The summed E-state index contributed by atoms with van der Waals surface area (Å²) in [5.41, 5.74) is 3.20. The van der Waals surface area contributed by atoms with Gasteiger partial charge in [0.15, 0.2) is 11.9 Å². The van der Waals surface area contributed by atoms with Crippen molar-refractivity contribution in [3.63, 3.8) is 0 Å². The number of rotatable bonds is 6. The van der Waals surface area contributed by atoms with Gasteiger partial charge in [-0.2, -0.15) is 13.2 Å². The molecule has 32 heavy (non-hydrogen) atoms. The van der Waals surface area contributed by atoms with Crippen molar-refractivity contribution in [2.24, 2.45) is 0 Å². The number of fused-ring (bicyclic) bond motifs is 1. The summed E-state index contributed by atoms with van der Waals surface area (Å²) in [6.07, 6.45) is -4.10. The summed E-state index contributed by atoms with van der Waals surface area (Å²) in [5.74, 6) is 1.47. The second-order valence-electron chi connectivity index (χ2n) is 7.68. The van der Waals surface area contributed by atoms with Gasteiger partial charge in [-0.25, -0.2) is 9.97 Å². The number of pyridine rings is 1. The monoisotopic (exact) mass is 443 g/mol. The van der Waals surface area contributed by atoms with Crippen LogP contribution in [0.15, 0.2) is 54.7 Å². The molecule has 4 rings (SSSR count). The van der Waals surface area contributed by atoms with Gasteiger partial charge >= 0.3 is 6.18 Å². The van der Waals surface area contributed by atoms with E-state index in [1.807, 2.05) is 18.2 Å². The lowest BCUT2D eigenvalue weighted by Crippen LogP contribution is -2.30. The van der Waals surface area contributed by atoms with Gasteiger partial charge in [0.2, 0.25) is 0 Å². The summed E-state index contributed by atoms with van der Waals surface area (Å²) in [6, 6.07) is 15.5. The first-order chi connectivity index (χ1) is 15.4. The van der Waals surface area contributed by atoms with E-state index in [-0.39, 0.29) is 6.54 Å². The Morgan fingerprint density at radius 2 is 1.69 bits per heavy atom. The highest BCUT2D eigenvalue weighted by atomic mass is 19.4. The van der Waals surface area contributed by atoms with Gasteiger partial charge in [-0.15, -0.1) is 0 Å². The molecule has 1 aliphatic rings. The molecular weight excluding hydrogens is 419 g/mol. The zero-order valence-electron chi connectivity index (χ0n) is 17.4. The van der Waals surface area contributed by atoms with Gasteiger partial charge in [0.25, 0.3) is 0 Å². The fourth-order valence-electron chi connectivity index (χ4n) is 3.69. The average molecular weight is 443 g/mol. The van der Waals surface area contributed by atoms with E-state index in [9.17, 15) is 18.3 Å². The van der Waals surface area contributed by atoms with E-state index in [2.05, 4.69) is 32.3 Å². The molecule has 3 heterocycles. The van der Waals surface area contributed by atoms with Crippen LogP contribution in [0.25, 0.3) is 11.5 Å². The topological polar surface area (TPSA) is 74.2 Å². The number of nitrogens with one attached hydrogen (secondary N) is 1. The Hall–Kier alpha value is -3.20. The Kier molecular flexibility index (Phi) is 6.55. The molecule has 0 aliphatic carbocycles. The van der Waals surface area contributed by atoms with Crippen molar-refractivity contribution in [1.29, 1.82) is 0 Å². The molecule has 0 amide bonds. The molecule has 0 saturated carbocycles. The first-order valence-electron chi connectivity index (χ1n) is 10.5. The number of hydrogen-bond donors (Lipinski definition) is 2. The largest absolute Gasteiger partial charge is 0.414 e. The van der Waals surface area contributed by atoms with E-state index in [0.29, 0.717) is 23.2 Å². The smallest absolute Gasteiger partial charge is 0.384 e. The fourth-order valence-corrected chi connectivity index (χ4v) is 3.69. The van der Waals surface area contributed by atoms with Crippen molar-refractivity contribution in [1.82, 2.24) is 15.0 Å². The Balaban J connectivity index is 1.57. The number of alkyl halides is 3. The quantitative estimate of drug-likeness (QED) is 0.603. The van der Waals surface area contributed by atoms with Crippen molar-refractivity contribution in [2.45, 2.75) is 31.5 Å². The molecule has 1 aliphatic heterocycles. The third kappa shape index (κ3) is 5.34. The molecule has 0 radical (unpaired) electrons. The molecule has 2 aromatic heterocycles. The summed E-state index contributed by atoms with van der Waals surface area (Å²) in [6.45, 7) is 1.45. The number of anilines is 2. The van der Waals surface area contributed by atoms with Crippen LogP contribution in [-0.4, -0.2) is 52.0 Å². The number of nitrogens with zero attached hydrogens (tertiary/aromatic N) is 4. The lowest BCUT2D eigenvalue weighted by atomic mass is 10.0. The van der Waals surface area contributed by atoms with Gasteiger partial charge in [-0.1, -0.05) is 30.3 Å². The van der Waals surface area contributed by atoms with Crippen molar-refractivity contribution >= 4 is 11.6 Å². The van der Waals surface area contributed by atoms with Gasteiger partial charge in [0.05, 0.1) is 0 Å². The number of hydrogen-bond acceptors (Lipinski definition) is 6. The molecule has 0 saturated heterocycles. The Morgan fingerprint density at radius 1 is 1.00 bits per heavy atom. The second-order valence-corrected chi connectivity index (χ2v) is 7.68. The van der Waals surface area contributed by atoms with Crippen molar-refractivity contribution in [2.75, 3.05) is 29.9 Å². The van der Waals surface area contributed by atoms with Gasteiger partial charge in [0.1, 0.15) is 17.3 Å². The second kappa shape index (κ2) is 9.52. The van der Waals surface area contributed by atoms with Crippen LogP contribution in [0.2, 0.25) is 0 Å². The molecule has 2 N–H and O–H groups in total. The zero-order valence-corrected chi connectivity index (χ0v) is 17.4. The molecule has 3 aromatic rings. The highest BCUT2D eigenvalue weighted by Crippen LogP contribution is 2.25. The Bertz CT molecular complexity index is 1020. The van der Waals surface area contributed by atoms with Crippen LogP contribution in [0, 0.1) is 0 Å². The van der Waals surface area contributed by atoms with Crippen LogP contribution in [-0.2, 0) is 12.8 Å². The van der Waals surface area contributed by atoms with E-state index in [1.165, 1.54) is 11.1 Å². The van der Waals surface area contributed by atoms with E-state index in [4.69, 9.17) is 4.98 Å². The standard InChI is InChI=1S/C23H24F3N5O/c24-23(25,26)19(32)8-12-28-20-15-21(30-22(29-20)18-7-3-4-11-27-18)31-13-9-16-5-1-2-6-17(16)10-14-31/h1-7,11,15,19,32H,8-10,12-14H2,(H,28,29,30). The van der Waals surface area contributed by atoms with E-state index in [1.54, 1.807) is 24.4 Å². The highest BCUT2D eigenvalue weighted by molar-refractivity contribution is 5.59. The molecule has 1 unspecified atom stereocenters. The normalized spacial score (nSPS) is 15.1. The van der Waals surface area contributed by atoms with Gasteiger partial charge in [-0.05, 0) is 42.5 Å². The summed E-state index contributed by atoms with van der Waals surface area (Å²) in [5, 5.41) is 12.2. The minimum Gasteiger partial charge on any atom is -0.384 e. The minimum absolute atomic E-state index is 0.0791. The maximum atomic E-state index is 12.6. The maximum absolute atomic E-state index is 12.6. The predicted molar refractivity (Wildman–Crippen MR) is 116 cm³/mol. The number of benzene rings is 1. The predicted octanol–water partition coefficient (Wildman–Crippen LogP) is 3.87. The zero-order chi connectivity index (χ0) is 22.6. The SMILES string of the molecule is OC(CCNc1cc(N2CCc3ccccc3CC2)nc(-c2ccccn2)n1)C(F)(F)F. The van der Waals surface area contributed by atoms with E-state index < -0.39 is 18.7 Å². The van der Waals surface area contributed by atoms with Crippen LogP contribution in [0.5, 0.6) is 0 Å². The fraction of sp³-hybridized carbons (Fsp3) is 0.348. The number of aliphatic hydroxyl groups is 1. The van der Waals surface area contributed by atoms with Crippen molar-refractivity contribution in [3.8, 4) is 11.5 Å². The molecule has 9 heteroatoms. The highest BCUT2D eigenvalue weighted by Gasteiger charge is 2.37. The lowest BCUT2D eigenvalue weighted by molar-refractivity contribution is -0.204. The first-order valence-corrected chi connectivity index (χ1v) is 10.5.